The van der Waals surface area contributed by atoms with Gasteiger partial charge in [0.25, 0.3) is 5.91 Å². The van der Waals surface area contributed by atoms with Gasteiger partial charge in [0, 0.05) is 36.5 Å². The summed E-state index contributed by atoms with van der Waals surface area (Å²) in [6, 6.07) is 15.2. The lowest BCUT2D eigenvalue weighted by Crippen LogP contribution is -2.33. The SMILES string of the molecule is COC(=O)CCc1ccc(C2=C(N3CCCCC3)CN(c3ccc(C(=N)N)cc3)C2=O)cc1. The largest absolute Gasteiger partial charge is 0.469 e. The van der Waals surface area contributed by atoms with E-state index in [2.05, 4.69) is 4.90 Å². The molecule has 172 valence electrons. The van der Waals surface area contributed by atoms with Gasteiger partial charge in [0.05, 0.1) is 19.2 Å². The van der Waals surface area contributed by atoms with E-state index in [-0.39, 0.29) is 17.7 Å². The van der Waals surface area contributed by atoms with Crippen LogP contribution >= 0.6 is 0 Å². The normalized spacial score (nSPS) is 16.3. The first-order chi connectivity index (χ1) is 16.0. The van der Waals surface area contributed by atoms with Crippen LogP contribution < -0.4 is 10.6 Å². The summed E-state index contributed by atoms with van der Waals surface area (Å²) in [6.45, 7) is 2.44. The highest BCUT2D eigenvalue weighted by molar-refractivity contribution is 6.29. The maximum Gasteiger partial charge on any atom is 0.305 e. The Labute approximate surface area is 194 Å². The maximum absolute atomic E-state index is 13.6. The number of nitrogens with one attached hydrogen (secondary N) is 1. The fraction of sp³-hybridized carbons (Fsp3) is 0.346. The maximum atomic E-state index is 13.6. The van der Waals surface area contributed by atoms with Gasteiger partial charge in [0.15, 0.2) is 0 Å². The third kappa shape index (κ3) is 4.92. The van der Waals surface area contributed by atoms with Crippen molar-refractivity contribution in [2.75, 3.05) is 31.6 Å². The van der Waals surface area contributed by atoms with Crippen LogP contribution in [0.15, 0.2) is 54.2 Å². The number of nitrogens with zero attached hydrogens (tertiary/aromatic N) is 2. The fourth-order valence-electron chi connectivity index (χ4n) is 4.49. The quantitative estimate of drug-likeness (QED) is 0.386. The van der Waals surface area contributed by atoms with Gasteiger partial charge in [-0.25, -0.2) is 0 Å². The molecule has 0 aliphatic carbocycles. The van der Waals surface area contributed by atoms with Crippen LogP contribution in [0.2, 0.25) is 0 Å². The number of anilines is 1. The minimum atomic E-state index is -0.230. The van der Waals surface area contributed by atoms with E-state index < -0.39 is 0 Å². The van der Waals surface area contributed by atoms with Crippen LogP contribution in [0.3, 0.4) is 0 Å². The third-order valence-electron chi connectivity index (χ3n) is 6.37. The van der Waals surface area contributed by atoms with Gasteiger partial charge in [0.1, 0.15) is 5.84 Å². The predicted molar refractivity (Wildman–Crippen MR) is 129 cm³/mol. The molecule has 2 heterocycles. The second kappa shape index (κ2) is 9.90. The van der Waals surface area contributed by atoms with Crippen molar-refractivity contribution in [1.29, 1.82) is 5.41 Å². The average molecular weight is 447 g/mol. The number of aryl methyl sites for hydroxylation is 1. The number of methoxy groups -OCH3 is 1. The Morgan fingerprint density at radius 3 is 2.30 bits per heavy atom. The van der Waals surface area contributed by atoms with Crippen molar-refractivity contribution in [3.8, 4) is 0 Å². The smallest absolute Gasteiger partial charge is 0.305 e. The molecule has 2 aliphatic rings. The van der Waals surface area contributed by atoms with Crippen LogP contribution in [-0.4, -0.2) is 49.4 Å². The Kier molecular flexibility index (Phi) is 6.77. The Morgan fingerprint density at radius 2 is 1.70 bits per heavy atom. The van der Waals surface area contributed by atoms with E-state index in [0.717, 1.165) is 54.0 Å². The van der Waals surface area contributed by atoms with Gasteiger partial charge >= 0.3 is 5.97 Å². The second-order valence-electron chi connectivity index (χ2n) is 8.49. The molecule has 0 unspecified atom stereocenters. The molecule has 0 aromatic heterocycles. The van der Waals surface area contributed by atoms with Gasteiger partial charge in [-0.3, -0.25) is 15.0 Å². The Balaban J connectivity index is 1.62. The molecule has 33 heavy (non-hydrogen) atoms. The molecule has 3 N–H and O–H groups in total. The number of amides is 1. The lowest BCUT2D eigenvalue weighted by Gasteiger charge is -2.31. The number of nitrogen functional groups attached to an aromatic ring is 1. The molecule has 2 aliphatic heterocycles. The number of esters is 1. The van der Waals surface area contributed by atoms with Gasteiger partial charge in [-0.05, 0) is 61.1 Å². The summed E-state index contributed by atoms with van der Waals surface area (Å²) in [6.07, 6.45) is 4.42. The summed E-state index contributed by atoms with van der Waals surface area (Å²) in [7, 11) is 1.39. The van der Waals surface area contributed by atoms with E-state index in [1.165, 1.54) is 13.5 Å². The summed E-state index contributed by atoms with van der Waals surface area (Å²) in [5.41, 5.74) is 10.8. The molecule has 1 saturated heterocycles. The molecule has 7 nitrogen and oxygen atoms in total. The third-order valence-corrected chi connectivity index (χ3v) is 6.37. The summed E-state index contributed by atoms with van der Waals surface area (Å²) < 4.78 is 4.73. The molecule has 0 spiro atoms. The number of likely N-dealkylation sites (tertiary alicyclic amines) is 1. The fourth-order valence-corrected chi connectivity index (χ4v) is 4.49. The van der Waals surface area contributed by atoms with E-state index in [0.29, 0.717) is 24.9 Å². The average Bonchev–Trinajstić information content (AvgIpc) is 3.20. The lowest BCUT2D eigenvalue weighted by molar-refractivity contribution is -0.140. The van der Waals surface area contributed by atoms with E-state index in [9.17, 15) is 9.59 Å². The Hall–Kier alpha value is -3.61. The van der Waals surface area contributed by atoms with E-state index in [1.807, 2.05) is 36.4 Å². The number of rotatable bonds is 7. The highest BCUT2D eigenvalue weighted by Crippen LogP contribution is 2.35. The molecule has 1 amide bonds. The highest BCUT2D eigenvalue weighted by Gasteiger charge is 2.35. The van der Waals surface area contributed by atoms with Crippen LogP contribution in [0.1, 0.15) is 42.4 Å². The monoisotopic (exact) mass is 446 g/mol. The van der Waals surface area contributed by atoms with Crippen molar-refractivity contribution in [3.05, 3.63) is 70.9 Å². The number of hydrogen-bond acceptors (Lipinski definition) is 5. The van der Waals surface area contributed by atoms with Gasteiger partial charge in [-0.2, -0.15) is 0 Å². The zero-order chi connectivity index (χ0) is 23.4. The summed E-state index contributed by atoms with van der Waals surface area (Å²) >= 11 is 0. The molecular weight excluding hydrogens is 416 g/mol. The number of carbonyl (C=O) groups excluding carboxylic acids is 2. The van der Waals surface area contributed by atoms with Crippen molar-refractivity contribution in [2.24, 2.45) is 5.73 Å². The molecular formula is C26H30N4O3. The van der Waals surface area contributed by atoms with Gasteiger partial charge < -0.3 is 20.3 Å². The minimum Gasteiger partial charge on any atom is -0.469 e. The number of benzene rings is 2. The predicted octanol–water partition coefficient (Wildman–Crippen LogP) is 3.32. The summed E-state index contributed by atoms with van der Waals surface area (Å²) in [5, 5.41) is 7.60. The Morgan fingerprint density at radius 1 is 1.03 bits per heavy atom. The number of ether oxygens (including phenoxy) is 1. The van der Waals surface area contributed by atoms with Crippen LogP contribution in [0.5, 0.6) is 0 Å². The molecule has 1 fully saturated rings. The molecule has 0 saturated carbocycles. The van der Waals surface area contributed by atoms with Crippen molar-refractivity contribution < 1.29 is 14.3 Å². The standard InChI is InChI=1S/C26H30N4O3/c1-33-23(31)14-7-18-5-8-19(9-6-18)24-22(29-15-3-2-4-16-29)17-30(26(24)32)21-12-10-20(11-13-21)25(27)28/h5-6,8-13H,2-4,7,14-17H2,1H3,(H3,27,28). The molecule has 0 atom stereocenters. The molecule has 4 rings (SSSR count). The number of piperidine rings is 1. The van der Waals surface area contributed by atoms with E-state index in [4.69, 9.17) is 15.9 Å². The van der Waals surface area contributed by atoms with Crippen molar-refractivity contribution in [1.82, 2.24) is 4.90 Å². The Bertz CT molecular complexity index is 1070. The van der Waals surface area contributed by atoms with Crippen molar-refractivity contribution >= 4 is 29.0 Å². The van der Waals surface area contributed by atoms with Crippen molar-refractivity contribution in [3.63, 3.8) is 0 Å². The van der Waals surface area contributed by atoms with Gasteiger partial charge in [-0.1, -0.05) is 24.3 Å². The molecule has 2 aromatic carbocycles. The van der Waals surface area contributed by atoms with Crippen LogP contribution in [0, 0.1) is 5.41 Å². The highest BCUT2D eigenvalue weighted by atomic mass is 16.5. The van der Waals surface area contributed by atoms with Gasteiger partial charge in [-0.15, -0.1) is 0 Å². The number of hydrogen-bond donors (Lipinski definition) is 2. The van der Waals surface area contributed by atoms with Gasteiger partial charge in [0.2, 0.25) is 0 Å². The van der Waals surface area contributed by atoms with E-state index >= 15 is 0 Å². The topological polar surface area (TPSA) is 99.7 Å². The first-order valence-corrected chi connectivity index (χ1v) is 11.4. The molecule has 2 aromatic rings. The first-order valence-electron chi connectivity index (χ1n) is 11.4. The number of amidine groups is 1. The van der Waals surface area contributed by atoms with E-state index in [1.54, 1.807) is 17.0 Å². The summed E-state index contributed by atoms with van der Waals surface area (Å²) in [4.78, 5) is 29.2. The first kappa shape index (κ1) is 22.6. The second-order valence-corrected chi connectivity index (χ2v) is 8.49. The molecule has 0 radical (unpaired) electrons. The summed E-state index contributed by atoms with van der Waals surface area (Å²) in [5.74, 6) is -0.241. The zero-order valence-electron chi connectivity index (χ0n) is 19.0. The lowest BCUT2D eigenvalue weighted by atomic mass is 10.00. The van der Waals surface area contributed by atoms with Crippen LogP contribution in [0.25, 0.3) is 5.57 Å². The molecule has 0 bridgehead atoms. The number of carbonyl (C=O) groups is 2. The zero-order valence-corrected chi connectivity index (χ0v) is 19.0. The minimum absolute atomic E-state index is 0.00871. The van der Waals surface area contributed by atoms with Crippen LogP contribution in [0.4, 0.5) is 5.69 Å². The number of nitrogens with two attached hydrogens (primary N) is 1. The van der Waals surface area contributed by atoms with Crippen molar-refractivity contribution in [2.45, 2.75) is 32.1 Å². The van der Waals surface area contributed by atoms with Crippen LogP contribution in [-0.2, 0) is 20.7 Å². The molecule has 7 heteroatoms.